The van der Waals surface area contributed by atoms with E-state index in [1.165, 1.54) is 7.11 Å². The van der Waals surface area contributed by atoms with Crippen molar-refractivity contribution in [3.63, 3.8) is 0 Å². The molecule has 2 N–H and O–H groups in total. The SMILES string of the molecule is COC(=O)c1cc(N)cn1Cc1cc(Br)ccc1OC. The molecule has 0 amide bonds. The lowest BCUT2D eigenvalue weighted by Crippen LogP contribution is -2.11. The molecule has 0 unspecified atom stereocenters. The summed E-state index contributed by atoms with van der Waals surface area (Å²) in [5.74, 6) is 0.326. The van der Waals surface area contributed by atoms with E-state index in [4.69, 9.17) is 15.2 Å². The van der Waals surface area contributed by atoms with Gasteiger partial charge in [0.05, 0.1) is 26.5 Å². The van der Waals surface area contributed by atoms with Gasteiger partial charge in [0.15, 0.2) is 0 Å². The number of nitrogens with zero attached hydrogens (tertiary/aromatic N) is 1. The van der Waals surface area contributed by atoms with Crippen molar-refractivity contribution in [1.29, 1.82) is 0 Å². The van der Waals surface area contributed by atoms with Gasteiger partial charge in [0.25, 0.3) is 0 Å². The second-order valence-electron chi connectivity index (χ2n) is 4.23. The Balaban J connectivity index is 2.39. The first-order valence-electron chi connectivity index (χ1n) is 5.91. The molecule has 0 aliphatic rings. The minimum absolute atomic E-state index is 0.409. The molecule has 0 fully saturated rings. The highest BCUT2D eigenvalue weighted by atomic mass is 79.9. The maximum Gasteiger partial charge on any atom is 0.354 e. The van der Waals surface area contributed by atoms with E-state index in [1.807, 2.05) is 18.2 Å². The third-order valence-corrected chi connectivity index (χ3v) is 3.39. The van der Waals surface area contributed by atoms with Crippen molar-refractivity contribution in [2.24, 2.45) is 0 Å². The van der Waals surface area contributed by atoms with Gasteiger partial charge >= 0.3 is 5.97 Å². The molecular formula is C14H15BrN2O3. The van der Waals surface area contributed by atoms with E-state index in [0.717, 1.165) is 15.8 Å². The average molecular weight is 339 g/mol. The minimum Gasteiger partial charge on any atom is -0.496 e. The molecule has 5 nitrogen and oxygen atoms in total. The highest BCUT2D eigenvalue weighted by molar-refractivity contribution is 9.10. The molecule has 0 aliphatic carbocycles. The van der Waals surface area contributed by atoms with Crippen LogP contribution in [-0.4, -0.2) is 24.8 Å². The number of anilines is 1. The normalized spacial score (nSPS) is 10.3. The molecule has 0 saturated heterocycles. The third kappa shape index (κ3) is 2.96. The highest BCUT2D eigenvalue weighted by Crippen LogP contribution is 2.25. The van der Waals surface area contributed by atoms with Crippen LogP contribution in [0.3, 0.4) is 0 Å². The molecule has 0 spiro atoms. The van der Waals surface area contributed by atoms with Crippen molar-refractivity contribution in [2.45, 2.75) is 6.54 Å². The van der Waals surface area contributed by atoms with Crippen LogP contribution in [0.4, 0.5) is 5.69 Å². The fourth-order valence-corrected chi connectivity index (χ4v) is 2.40. The van der Waals surface area contributed by atoms with Crippen molar-refractivity contribution < 1.29 is 14.3 Å². The first-order chi connectivity index (χ1) is 9.55. The first-order valence-corrected chi connectivity index (χ1v) is 6.71. The Bertz CT molecular complexity index is 637. The van der Waals surface area contributed by atoms with Crippen LogP contribution in [0.1, 0.15) is 16.1 Å². The largest absolute Gasteiger partial charge is 0.496 e. The van der Waals surface area contributed by atoms with Gasteiger partial charge in [-0.15, -0.1) is 0 Å². The number of methoxy groups -OCH3 is 2. The molecule has 0 aliphatic heterocycles. The van der Waals surface area contributed by atoms with E-state index in [0.29, 0.717) is 17.9 Å². The summed E-state index contributed by atoms with van der Waals surface area (Å²) in [5, 5.41) is 0. The summed E-state index contributed by atoms with van der Waals surface area (Å²) in [6.45, 7) is 0.463. The van der Waals surface area contributed by atoms with Crippen LogP contribution in [0.5, 0.6) is 5.75 Å². The summed E-state index contributed by atoms with van der Waals surface area (Å²) in [5.41, 5.74) is 7.61. The number of hydrogen-bond acceptors (Lipinski definition) is 4. The lowest BCUT2D eigenvalue weighted by molar-refractivity contribution is 0.0589. The van der Waals surface area contributed by atoms with Gasteiger partial charge < -0.3 is 19.8 Å². The van der Waals surface area contributed by atoms with Crippen molar-refractivity contribution in [2.75, 3.05) is 20.0 Å². The fraction of sp³-hybridized carbons (Fsp3) is 0.214. The Morgan fingerprint density at radius 3 is 2.75 bits per heavy atom. The number of rotatable bonds is 4. The topological polar surface area (TPSA) is 66.5 Å². The van der Waals surface area contributed by atoms with Gasteiger partial charge in [0.2, 0.25) is 0 Å². The van der Waals surface area contributed by atoms with Crippen LogP contribution in [0.25, 0.3) is 0 Å². The maximum atomic E-state index is 11.7. The Morgan fingerprint density at radius 2 is 2.10 bits per heavy atom. The summed E-state index contributed by atoms with van der Waals surface area (Å²) in [7, 11) is 2.95. The van der Waals surface area contributed by atoms with Crippen LogP contribution >= 0.6 is 15.9 Å². The van der Waals surface area contributed by atoms with Crippen LogP contribution in [0.15, 0.2) is 34.9 Å². The quantitative estimate of drug-likeness (QED) is 0.870. The van der Waals surface area contributed by atoms with Gasteiger partial charge in [0.1, 0.15) is 11.4 Å². The predicted octanol–water partition coefficient (Wildman–Crippen LogP) is 2.68. The number of carbonyl (C=O) groups is 1. The summed E-state index contributed by atoms with van der Waals surface area (Å²) in [4.78, 5) is 11.7. The molecule has 0 atom stereocenters. The number of benzene rings is 1. The second kappa shape index (κ2) is 6.00. The van der Waals surface area contributed by atoms with Crippen molar-refractivity contribution >= 4 is 27.6 Å². The van der Waals surface area contributed by atoms with Gasteiger partial charge in [0, 0.05) is 16.2 Å². The van der Waals surface area contributed by atoms with Crippen LogP contribution in [0.2, 0.25) is 0 Å². The molecule has 6 heteroatoms. The molecule has 0 radical (unpaired) electrons. The maximum absolute atomic E-state index is 11.7. The Kier molecular flexibility index (Phi) is 4.34. The number of ether oxygens (including phenoxy) is 2. The third-order valence-electron chi connectivity index (χ3n) is 2.90. The zero-order valence-corrected chi connectivity index (χ0v) is 12.8. The summed E-state index contributed by atoms with van der Waals surface area (Å²) < 4.78 is 12.8. The van der Waals surface area contributed by atoms with E-state index >= 15 is 0 Å². The fourth-order valence-electron chi connectivity index (χ4n) is 1.99. The molecular weight excluding hydrogens is 324 g/mol. The smallest absolute Gasteiger partial charge is 0.354 e. The minimum atomic E-state index is -0.421. The molecule has 1 heterocycles. The molecule has 0 bridgehead atoms. The molecule has 1 aromatic heterocycles. The second-order valence-corrected chi connectivity index (χ2v) is 5.15. The number of hydrogen-bond donors (Lipinski definition) is 1. The van der Waals surface area contributed by atoms with Gasteiger partial charge in [-0.05, 0) is 24.3 Å². The van der Waals surface area contributed by atoms with Gasteiger partial charge in [-0.3, -0.25) is 0 Å². The number of aromatic nitrogens is 1. The van der Waals surface area contributed by atoms with E-state index in [1.54, 1.807) is 23.9 Å². The first kappa shape index (κ1) is 14.5. The van der Waals surface area contributed by atoms with Crippen molar-refractivity contribution in [1.82, 2.24) is 4.57 Å². The number of nitrogen functional groups attached to an aromatic ring is 1. The van der Waals surface area contributed by atoms with E-state index in [2.05, 4.69) is 15.9 Å². The summed E-state index contributed by atoms with van der Waals surface area (Å²) in [6, 6.07) is 7.30. The van der Waals surface area contributed by atoms with E-state index in [9.17, 15) is 4.79 Å². The average Bonchev–Trinajstić information content (AvgIpc) is 2.79. The molecule has 2 aromatic rings. The summed E-state index contributed by atoms with van der Waals surface area (Å²) >= 11 is 3.42. The van der Waals surface area contributed by atoms with Crippen molar-refractivity contribution in [3.8, 4) is 5.75 Å². The lowest BCUT2D eigenvalue weighted by Gasteiger charge is -2.12. The predicted molar refractivity (Wildman–Crippen MR) is 80.0 cm³/mol. The molecule has 1 aromatic carbocycles. The van der Waals surface area contributed by atoms with Gasteiger partial charge in [-0.1, -0.05) is 15.9 Å². The molecule has 20 heavy (non-hydrogen) atoms. The zero-order valence-electron chi connectivity index (χ0n) is 11.2. The lowest BCUT2D eigenvalue weighted by atomic mass is 10.2. The zero-order chi connectivity index (χ0) is 14.7. The van der Waals surface area contributed by atoms with Crippen LogP contribution in [-0.2, 0) is 11.3 Å². The Labute approximate surface area is 125 Å². The number of halogens is 1. The Morgan fingerprint density at radius 1 is 1.35 bits per heavy atom. The van der Waals surface area contributed by atoms with Crippen molar-refractivity contribution in [3.05, 3.63) is 46.2 Å². The summed E-state index contributed by atoms with van der Waals surface area (Å²) in [6.07, 6.45) is 1.70. The number of esters is 1. The monoisotopic (exact) mass is 338 g/mol. The Hall–Kier alpha value is -1.95. The number of nitrogens with two attached hydrogens (primary N) is 1. The van der Waals surface area contributed by atoms with Crippen LogP contribution < -0.4 is 10.5 Å². The number of carbonyl (C=O) groups excluding carboxylic acids is 1. The van der Waals surface area contributed by atoms with E-state index < -0.39 is 5.97 Å². The van der Waals surface area contributed by atoms with Gasteiger partial charge in [-0.25, -0.2) is 4.79 Å². The highest BCUT2D eigenvalue weighted by Gasteiger charge is 2.15. The standard InChI is InChI=1S/C14H15BrN2O3/c1-19-13-4-3-10(15)5-9(13)7-17-8-11(16)6-12(17)14(18)20-2/h3-6,8H,7,16H2,1-2H3. The molecule has 2 rings (SSSR count). The van der Waals surface area contributed by atoms with Gasteiger partial charge in [-0.2, -0.15) is 0 Å². The molecule has 106 valence electrons. The van der Waals surface area contributed by atoms with Crippen LogP contribution in [0, 0.1) is 0 Å². The van der Waals surface area contributed by atoms with E-state index in [-0.39, 0.29) is 0 Å². The molecule has 0 saturated carbocycles.